The minimum absolute atomic E-state index is 0.494. The van der Waals surface area contributed by atoms with E-state index in [0.29, 0.717) is 18.4 Å². The number of alkyl halides is 1. The average molecular weight is 239 g/mol. The minimum Gasteiger partial charge on any atom is -0.300 e. The number of nitrogens with zero attached hydrogens (tertiary/aromatic N) is 1. The van der Waals surface area contributed by atoms with Crippen LogP contribution in [0.25, 0.3) is 0 Å². The fourth-order valence-corrected chi connectivity index (χ4v) is 2.47. The molecule has 0 aliphatic carbocycles. The molecule has 0 N–H and O–H groups in total. The van der Waals surface area contributed by atoms with E-state index in [1.165, 1.54) is 0 Å². The Morgan fingerprint density at radius 3 is 2.76 bits per heavy atom. The molecule has 0 aromatic rings. The first-order chi connectivity index (χ1) is 8.11. The molecule has 3 unspecified atom stereocenters. The molecule has 1 heterocycles. The highest BCUT2D eigenvalue weighted by Gasteiger charge is 2.24. The molecule has 1 saturated heterocycles. The molecule has 3 atom stereocenters. The van der Waals surface area contributed by atoms with E-state index in [9.17, 15) is 4.39 Å². The second-order valence-corrected chi connectivity index (χ2v) is 5.36. The summed E-state index contributed by atoms with van der Waals surface area (Å²) in [6.07, 6.45) is 9.73. The van der Waals surface area contributed by atoms with E-state index < -0.39 is 6.17 Å². The normalized spacial score (nSPS) is 29.2. The Balaban J connectivity index is 2.32. The molecule has 17 heavy (non-hydrogen) atoms. The SMILES string of the molecule is CC/C=C\C=C/C(C)CN1CC(C)CC(F)C1. The van der Waals surface area contributed by atoms with Crippen LogP contribution in [-0.2, 0) is 0 Å². The van der Waals surface area contributed by atoms with Gasteiger partial charge < -0.3 is 0 Å². The highest BCUT2D eigenvalue weighted by molar-refractivity contribution is 5.04. The maximum atomic E-state index is 13.4. The Hall–Kier alpha value is -0.630. The summed E-state index contributed by atoms with van der Waals surface area (Å²) in [5, 5.41) is 0. The summed E-state index contributed by atoms with van der Waals surface area (Å²) in [6, 6.07) is 0. The van der Waals surface area contributed by atoms with Crippen LogP contribution in [0.2, 0.25) is 0 Å². The zero-order valence-electron chi connectivity index (χ0n) is 11.4. The van der Waals surface area contributed by atoms with Crippen molar-refractivity contribution in [2.75, 3.05) is 19.6 Å². The first kappa shape index (κ1) is 14.4. The summed E-state index contributed by atoms with van der Waals surface area (Å²) < 4.78 is 13.4. The molecule has 1 fully saturated rings. The molecule has 98 valence electrons. The Morgan fingerprint density at radius 1 is 1.35 bits per heavy atom. The zero-order chi connectivity index (χ0) is 12.7. The minimum atomic E-state index is -0.630. The van der Waals surface area contributed by atoms with Gasteiger partial charge in [0.2, 0.25) is 0 Å². The van der Waals surface area contributed by atoms with Crippen LogP contribution in [0.3, 0.4) is 0 Å². The second-order valence-electron chi connectivity index (χ2n) is 5.36. The summed E-state index contributed by atoms with van der Waals surface area (Å²) in [6.45, 7) is 9.11. The third-order valence-electron chi connectivity index (χ3n) is 3.15. The largest absolute Gasteiger partial charge is 0.300 e. The third-order valence-corrected chi connectivity index (χ3v) is 3.15. The summed E-state index contributed by atoms with van der Waals surface area (Å²) in [5.41, 5.74) is 0. The van der Waals surface area contributed by atoms with Crippen LogP contribution in [0.1, 0.15) is 33.6 Å². The van der Waals surface area contributed by atoms with Crippen molar-refractivity contribution in [3.63, 3.8) is 0 Å². The van der Waals surface area contributed by atoms with Crippen molar-refractivity contribution in [3.05, 3.63) is 24.3 Å². The standard InChI is InChI=1S/C15H26FN/c1-4-5-6-7-8-13(2)10-17-11-14(3)9-15(16)12-17/h5-8,13-15H,4,9-12H2,1-3H3/b6-5-,8-7-. The smallest absolute Gasteiger partial charge is 0.113 e. The molecular formula is C15H26FN. The number of allylic oxidation sites excluding steroid dienone is 3. The number of piperidine rings is 1. The lowest BCUT2D eigenvalue weighted by atomic mass is 9.97. The van der Waals surface area contributed by atoms with Gasteiger partial charge in [-0.1, -0.05) is 45.1 Å². The maximum Gasteiger partial charge on any atom is 0.113 e. The molecule has 0 aromatic carbocycles. The molecular weight excluding hydrogens is 213 g/mol. The molecule has 0 amide bonds. The van der Waals surface area contributed by atoms with Gasteiger partial charge in [-0.25, -0.2) is 4.39 Å². The van der Waals surface area contributed by atoms with Crippen molar-refractivity contribution >= 4 is 0 Å². The van der Waals surface area contributed by atoms with Crippen molar-refractivity contribution < 1.29 is 4.39 Å². The van der Waals surface area contributed by atoms with Crippen LogP contribution in [0.5, 0.6) is 0 Å². The Morgan fingerprint density at radius 2 is 2.12 bits per heavy atom. The lowest BCUT2D eigenvalue weighted by Crippen LogP contribution is -2.42. The van der Waals surface area contributed by atoms with Crippen molar-refractivity contribution in [2.45, 2.75) is 39.8 Å². The summed E-state index contributed by atoms with van der Waals surface area (Å²) >= 11 is 0. The van der Waals surface area contributed by atoms with Gasteiger partial charge >= 0.3 is 0 Å². The van der Waals surface area contributed by atoms with Gasteiger partial charge in [0.25, 0.3) is 0 Å². The van der Waals surface area contributed by atoms with Gasteiger partial charge in [0.05, 0.1) is 0 Å². The Labute approximate surface area is 105 Å². The first-order valence-corrected chi connectivity index (χ1v) is 6.81. The van der Waals surface area contributed by atoms with Gasteiger partial charge in [-0.05, 0) is 24.7 Å². The number of hydrogen-bond donors (Lipinski definition) is 0. The number of hydrogen-bond acceptors (Lipinski definition) is 1. The van der Waals surface area contributed by atoms with Gasteiger partial charge in [-0.3, -0.25) is 4.90 Å². The van der Waals surface area contributed by atoms with E-state index in [4.69, 9.17) is 0 Å². The topological polar surface area (TPSA) is 3.24 Å². The number of halogens is 1. The van der Waals surface area contributed by atoms with E-state index in [2.05, 4.69) is 50.0 Å². The van der Waals surface area contributed by atoms with Crippen molar-refractivity contribution in [2.24, 2.45) is 11.8 Å². The molecule has 0 saturated carbocycles. The fraction of sp³-hybridized carbons (Fsp3) is 0.733. The number of likely N-dealkylation sites (tertiary alicyclic amines) is 1. The summed E-state index contributed by atoms with van der Waals surface area (Å²) in [4.78, 5) is 2.26. The van der Waals surface area contributed by atoms with Gasteiger partial charge in [0, 0.05) is 19.6 Å². The number of rotatable bonds is 5. The predicted molar refractivity (Wildman–Crippen MR) is 72.9 cm³/mol. The van der Waals surface area contributed by atoms with Gasteiger partial charge in [0.15, 0.2) is 0 Å². The van der Waals surface area contributed by atoms with Crippen LogP contribution in [-0.4, -0.2) is 30.7 Å². The van der Waals surface area contributed by atoms with Crippen LogP contribution in [0.4, 0.5) is 4.39 Å². The van der Waals surface area contributed by atoms with Crippen LogP contribution in [0.15, 0.2) is 24.3 Å². The van der Waals surface area contributed by atoms with E-state index in [1.807, 2.05) is 0 Å². The zero-order valence-corrected chi connectivity index (χ0v) is 11.4. The van der Waals surface area contributed by atoms with Crippen molar-refractivity contribution in [3.8, 4) is 0 Å². The van der Waals surface area contributed by atoms with E-state index in [0.717, 1.165) is 25.9 Å². The maximum absolute atomic E-state index is 13.4. The predicted octanol–water partition coefficient (Wildman–Crippen LogP) is 3.82. The molecule has 0 bridgehead atoms. The van der Waals surface area contributed by atoms with Crippen LogP contribution in [0, 0.1) is 11.8 Å². The monoisotopic (exact) mass is 239 g/mol. The van der Waals surface area contributed by atoms with Gasteiger partial charge in [-0.15, -0.1) is 0 Å². The second kappa shape index (κ2) is 7.65. The average Bonchev–Trinajstić information content (AvgIpc) is 2.23. The van der Waals surface area contributed by atoms with E-state index >= 15 is 0 Å². The highest BCUT2D eigenvalue weighted by atomic mass is 19.1. The van der Waals surface area contributed by atoms with E-state index in [-0.39, 0.29) is 0 Å². The summed E-state index contributed by atoms with van der Waals surface area (Å²) in [5.74, 6) is 0.990. The quantitative estimate of drug-likeness (QED) is 0.659. The molecule has 0 aromatic heterocycles. The van der Waals surface area contributed by atoms with Crippen molar-refractivity contribution in [1.29, 1.82) is 0 Å². The van der Waals surface area contributed by atoms with Crippen molar-refractivity contribution in [1.82, 2.24) is 4.90 Å². The molecule has 0 radical (unpaired) electrons. The fourth-order valence-electron chi connectivity index (χ4n) is 2.47. The molecule has 1 aliphatic rings. The Kier molecular flexibility index (Phi) is 6.49. The molecule has 1 aliphatic heterocycles. The summed E-state index contributed by atoms with van der Waals surface area (Å²) in [7, 11) is 0. The van der Waals surface area contributed by atoms with Crippen LogP contribution < -0.4 is 0 Å². The van der Waals surface area contributed by atoms with Gasteiger partial charge in [-0.2, -0.15) is 0 Å². The molecule has 0 spiro atoms. The Bertz CT molecular complexity index is 250. The third kappa shape index (κ3) is 6.02. The lowest BCUT2D eigenvalue weighted by Gasteiger charge is -2.34. The molecule has 2 heteroatoms. The van der Waals surface area contributed by atoms with Gasteiger partial charge in [0.1, 0.15) is 6.17 Å². The lowest BCUT2D eigenvalue weighted by molar-refractivity contribution is 0.0965. The molecule has 1 rings (SSSR count). The molecule has 1 nitrogen and oxygen atoms in total. The highest BCUT2D eigenvalue weighted by Crippen LogP contribution is 2.19. The van der Waals surface area contributed by atoms with E-state index in [1.54, 1.807) is 0 Å². The van der Waals surface area contributed by atoms with Crippen LogP contribution >= 0.6 is 0 Å². The first-order valence-electron chi connectivity index (χ1n) is 6.81.